The summed E-state index contributed by atoms with van der Waals surface area (Å²) >= 11 is 1.72. The number of carbonyl (C=O) groups is 1. The number of carbonyl (C=O) groups excluding carboxylic acids is 1. The minimum atomic E-state index is 0. The maximum atomic E-state index is 11.7. The summed E-state index contributed by atoms with van der Waals surface area (Å²) in [7, 11) is 0. The molecule has 0 aliphatic rings. The van der Waals surface area contributed by atoms with Gasteiger partial charge in [0.15, 0.2) is 5.78 Å². The number of furan rings is 1. The van der Waals surface area contributed by atoms with Crippen LogP contribution in [0.5, 0.6) is 0 Å². The van der Waals surface area contributed by atoms with Gasteiger partial charge >= 0.3 is 0 Å². The van der Waals surface area contributed by atoms with E-state index in [4.69, 9.17) is 4.42 Å². The van der Waals surface area contributed by atoms with E-state index in [1.165, 1.54) is 27.3 Å². The Balaban J connectivity index is 0.000000243. The van der Waals surface area contributed by atoms with Gasteiger partial charge < -0.3 is 14.5 Å². The van der Waals surface area contributed by atoms with Crippen LogP contribution < -0.4 is 0 Å². The zero-order chi connectivity index (χ0) is 28.1. The van der Waals surface area contributed by atoms with E-state index < -0.39 is 0 Å². The second-order valence-corrected chi connectivity index (χ2v) is 11.0. The van der Waals surface area contributed by atoms with Crippen molar-refractivity contribution < 1.29 is 34.4 Å². The second-order valence-electron chi connectivity index (χ2n) is 10.1. The fourth-order valence-electron chi connectivity index (χ4n) is 4.95. The van der Waals surface area contributed by atoms with Crippen molar-refractivity contribution >= 4 is 49.1 Å². The van der Waals surface area contributed by atoms with Gasteiger partial charge in [-0.2, -0.15) is 0 Å². The monoisotopic (exact) mass is 733 g/mol. The fraction of sp³-hybridized carbons (Fsp3) is 0.353. The van der Waals surface area contributed by atoms with Gasteiger partial charge in [-0.3, -0.25) is 4.79 Å². The molecule has 6 heteroatoms. The number of nitrogens with zero attached hydrogens (tertiary/aromatic N) is 1. The van der Waals surface area contributed by atoms with Gasteiger partial charge in [-0.05, 0) is 67.6 Å². The zero-order valence-corrected chi connectivity index (χ0v) is 27.3. The summed E-state index contributed by atoms with van der Waals surface area (Å²) in [5, 5.41) is 15.4. The Morgan fingerprint density at radius 2 is 1.65 bits per heavy atom. The first kappa shape index (κ1) is 31.7. The summed E-state index contributed by atoms with van der Waals surface area (Å²) < 4.78 is 7.52. The van der Waals surface area contributed by atoms with Crippen LogP contribution in [0.2, 0.25) is 0 Å². The minimum absolute atomic E-state index is 0. The number of rotatable bonds is 8. The van der Waals surface area contributed by atoms with Gasteiger partial charge in [0, 0.05) is 49.6 Å². The Hall–Kier alpha value is -2.79. The number of fused-ring (bicyclic) bond motifs is 5. The predicted molar refractivity (Wildman–Crippen MR) is 165 cm³/mol. The third-order valence-electron chi connectivity index (χ3n) is 7.73. The van der Waals surface area contributed by atoms with Crippen LogP contribution in [0.15, 0.2) is 64.2 Å². The molecule has 1 radical (unpaired) electrons. The maximum Gasteiger partial charge on any atom is 0.162 e. The fourth-order valence-corrected chi connectivity index (χ4v) is 5.84. The molecule has 5 rings (SSSR count). The smallest absolute Gasteiger partial charge is 0.162 e. The normalized spacial score (nSPS) is 11.8. The number of aliphatic hydroxyl groups excluding tert-OH is 1. The van der Waals surface area contributed by atoms with Gasteiger partial charge in [-0.15, -0.1) is 29.5 Å². The van der Waals surface area contributed by atoms with Gasteiger partial charge in [-0.25, -0.2) is 0 Å². The standard InChI is InChI=1S/C21H14NOS.C13H24O2.Ir/c1-12-10-18(22-11-13(12)2)17-5-3-4-15-16-7-6-14-8-9-24-21(14)20(16)23-19(15)17;1-5-10(6-2)12(14)9-13(15)11(7-3)8-4;/h3-4,6-11H,1-2H3;9-11,14H,5-8H2,1-4H3;/q-1;;/b;12-9-;. The molecule has 0 aliphatic heterocycles. The Bertz CT molecular complexity index is 1620. The zero-order valence-electron chi connectivity index (χ0n) is 24.1. The van der Waals surface area contributed by atoms with Crippen molar-refractivity contribution in [2.24, 2.45) is 11.8 Å². The van der Waals surface area contributed by atoms with Crippen LogP contribution in [-0.2, 0) is 24.9 Å². The Labute approximate surface area is 254 Å². The minimum Gasteiger partial charge on any atom is -0.512 e. The van der Waals surface area contributed by atoms with Crippen LogP contribution in [0.4, 0.5) is 0 Å². The number of pyridine rings is 1. The van der Waals surface area contributed by atoms with E-state index >= 15 is 0 Å². The molecule has 4 nitrogen and oxygen atoms in total. The molecule has 0 spiro atoms. The SMILES string of the molecule is CCC(CC)C(=O)/C=C(\O)C(CC)CC.Cc1cnc(-c2[c-]ccc3c2oc2c3ccc3ccsc32)cc1C.[Ir]. The first-order valence-corrected chi connectivity index (χ1v) is 14.8. The summed E-state index contributed by atoms with van der Waals surface area (Å²) in [5.41, 5.74) is 6.08. The second kappa shape index (κ2) is 14.2. The molecule has 40 heavy (non-hydrogen) atoms. The summed E-state index contributed by atoms with van der Waals surface area (Å²) in [4.78, 5) is 16.3. The van der Waals surface area contributed by atoms with Crippen LogP contribution >= 0.6 is 11.3 Å². The van der Waals surface area contributed by atoms with Crippen molar-refractivity contribution in [2.45, 2.75) is 67.2 Å². The van der Waals surface area contributed by atoms with Crippen LogP contribution in [0.1, 0.15) is 64.5 Å². The average Bonchev–Trinajstić information content (AvgIpc) is 3.56. The summed E-state index contributed by atoms with van der Waals surface area (Å²) in [6, 6.07) is 15.9. The molecule has 5 aromatic rings. The van der Waals surface area contributed by atoms with Crippen molar-refractivity contribution in [2.75, 3.05) is 0 Å². The van der Waals surface area contributed by atoms with Gasteiger partial charge in [0.2, 0.25) is 0 Å². The van der Waals surface area contributed by atoms with E-state index in [1.807, 2.05) is 40.0 Å². The van der Waals surface area contributed by atoms with Gasteiger partial charge in [0.05, 0.1) is 16.0 Å². The summed E-state index contributed by atoms with van der Waals surface area (Å²) in [6.45, 7) is 12.3. The number of benzene rings is 2. The van der Waals surface area contributed by atoms with Crippen LogP contribution in [0.25, 0.3) is 43.3 Å². The van der Waals surface area contributed by atoms with Gasteiger partial charge in [0.1, 0.15) is 5.58 Å². The van der Waals surface area contributed by atoms with E-state index in [0.29, 0.717) is 0 Å². The van der Waals surface area contributed by atoms with Crippen molar-refractivity contribution in [3.05, 3.63) is 77.0 Å². The molecule has 0 bridgehead atoms. The molecule has 0 fully saturated rings. The molecule has 0 atom stereocenters. The number of hydrogen-bond acceptors (Lipinski definition) is 5. The van der Waals surface area contributed by atoms with Crippen LogP contribution in [-0.4, -0.2) is 15.9 Å². The first-order valence-electron chi connectivity index (χ1n) is 13.9. The van der Waals surface area contributed by atoms with E-state index in [0.717, 1.165) is 58.9 Å². The largest absolute Gasteiger partial charge is 0.512 e. The number of aliphatic hydroxyl groups is 1. The van der Waals surface area contributed by atoms with E-state index in [9.17, 15) is 9.90 Å². The number of thiophene rings is 1. The molecular weight excluding hydrogens is 695 g/mol. The quantitative estimate of drug-likeness (QED) is 0.0980. The van der Waals surface area contributed by atoms with Crippen molar-refractivity contribution in [3.8, 4) is 11.3 Å². The molecule has 2 aromatic carbocycles. The molecule has 3 aromatic heterocycles. The third-order valence-corrected chi connectivity index (χ3v) is 8.66. The molecule has 0 aliphatic carbocycles. The average molecular weight is 733 g/mol. The first-order chi connectivity index (χ1) is 18.8. The topological polar surface area (TPSA) is 63.3 Å². The number of aryl methyl sites for hydroxylation is 2. The van der Waals surface area contributed by atoms with E-state index in [2.05, 4.69) is 60.6 Å². The molecule has 0 saturated heterocycles. The number of hydrogen-bond donors (Lipinski definition) is 1. The Morgan fingerprint density at radius 3 is 2.30 bits per heavy atom. The van der Waals surface area contributed by atoms with E-state index in [1.54, 1.807) is 11.3 Å². The molecule has 1 N–H and O–H groups in total. The molecule has 0 saturated carbocycles. The molecule has 0 unspecified atom stereocenters. The predicted octanol–water partition coefficient (Wildman–Crippen LogP) is 10.1. The van der Waals surface area contributed by atoms with Crippen LogP contribution in [0, 0.1) is 31.7 Å². The maximum absolute atomic E-state index is 11.7. The van der Waals surface area contributed by atoms with Crippen molar-refractivity contribution in [3.63, 3.8) is 0 Å². The molecule has 3 heterocycles. The van der Waals surface area contributed by atoms with Crippen molar-refractivity contribution in [1.29, 1.82) is 0 Å². The Kier molecular flexibility index (Phi) is 11.3. The molecular formula is C34H38IrNO3S-. The number of aromatic nitrogens is 1. The van der Waals surface area contributed by atoms with E-state index in [-0.39, 0.29) is 43.5 Å². The van der Waals surface area contributed by atoms with Gasteiger partial charge in [-0.1, -0.05) is 62.4 Å². The van der Waals surface area contributed by atoms with Crippen LogP contribution in [0.3, 0.4) is 0 Å². The van der Waals surface area contributed by atoms with Gasteiger partial charge in [0.25, 0.3) is 0 Å². The number of ketones is 1. The molecule has 0 amide bonds. The summed E-state index contributed by atoms with van der Waals surface area (Å²) in [6.07, 6.45) is 6.82. The Morgan fingerprint density at radius 1 is 0.975 bits per heavy atom. The summed E-state index contributed by atoms with van der Waals surface area (Å²) in [5.74, 6) is 0.547. The number of allylic oxidation sites excluding steroid dienone is 2. The molecule has 213 valence electrons. The third kappa shape index (κ3) is 6.57. The van der Waals surface area contributed by atoms with Crippen molar-refractivity contribution in [1.82, 2.24) is 4.98 Å².